The number of thioether (sulfide) groups is 1. The smallest absolute Gasteiger partial charge is 0.410 e. The highest BCUT2D eigenvalue weighted by atomic mass is 32.2. The van der Waals surface area contributed by atoms with Crippen LogP contribution in [-0.2, 0) is 16.1 Å². The Morgan fingerprint density at radius 2 is 1.57 bits per heavy atom. The fourth-order valence-corrected chi connectivity index (χ4v) is 4.57. The topological polar surface area (TPSA) is 71.4 Å². The molecule has 0 saturated carbocycles. The maximum absolute atomic E-state index is 12.5. The minimum Gasteiger partial charge on any atom is -0.484 e. The summed E-state index contributed by atoms with van der Waals surface area (Å²) in [7, 11) is 3.91. The van der Waals surface area contributed by atoms with Crippen LogP contribution in [0.1, 0.15) is 120 Å². The minimum atomic E-state index is -0.538. The number of rotatable bonds is 14. The van der Waals surface area contributed by atoms with Gasteiger partial charge in [-0.05, 0) is 104 Å². The van der Waals surface area contributed by atoms with Crippen LogP contribution in [0.25, 0.3) is 0 Å². The number of amides is 1. The summed E-state index contributed by atoms with van der Waals surface area (Å²) in [6.45, 7) is 28.2. The summed E-state index contributed by atoms with van der Waals surface area (Å²) in [5.41, 5.74) is 4.22. The van der Waals surface area contributed by atoms with Gasteiger partial charge in [0.1, 0.15) is 17.5 Å². The third-order valence-corrected chi connectivity index (χ3v) is 7.94. The van der Waals surface area contributed by atoms with Crippen LogP contribution in [0, 0.1) is 5.92 Å². The second kappa shape index (κ2) is 28.3. The van der Waals surface area contributed by atoms with Crippen molar-refractivity contribution in [1.82, 2.24) is 9.80 Å². The van der Waals surface area contributed by atoms with E-state index in [1.54, 1.807) is 23.7 Å². The summed E-state index contributed by atoms with van der Waals surface area (Å²) in [5.74, 6) is 1.55. The number of benzene rings is 2. The second-order valence-electron chi connectivity index (χ2n) is 13.3. The SMILES string of the molecule is CC.CC.CCC(C)CCN(C)Cc1cccc(OC(CN(C)C(=O)OC(C)(C)C)c2ccccc2)c1.CSC(C)=N/C(C)=C(/C=O)C=C(C)C. The molecule has 2 atom stereocenters. The first-order valence-electron chi connectivity index (χ1n) is 18.4. The standard InChI is InChI=1S/C28H42N2O3.C11H17NOS.2C2H6/c1-8-22(2)17-18-29(6)20-23-13-12-16-25(19-23)32-26(24-14-10-9-11-15-24)21-30(7)27(31)33-28(3,4)5;1-8(2)6-11(7-13)9(3)12-10(4)14-5;2*1-2/h9-16,19,22,26H,8,17-18,20-21H2,1-7H3;6-7H,1-5H3;2*1-2H3/b;11-9+,12-10?;;. The molecule has 0 fully saturated rings. The molecule has 0 saturated heterocycles. The molecular weight excluding hydrogens is 655 g/mol. The molecule has 0 spiro atoms. The number of hydrogen-bond donors (Lipinski definition) is 0. The highest BCUT2D eigenvalue weighted by Crippen LogP contribution is 2.25. The van der Waals surface area contributed by atoms with Crippen molar-refractivity contribution in [1.29, 1.82) is 0 Å². The van der Waals surface area contributed by atoms with Crippen molar-refractivity contribution in [2.75, 3.05) is 33.4 Å². The molecule has 1 amide bonds. The lowest BCUT2D eigenvalue weighted by Gasteiger charge is -2.28. The summed E-state index contributed by atoms with van der Waals surface area (Å²) in [4.78, 5) is 31.5. The molecule has 2 aromatic rings. The number of likely N-dealkylation sites (N-methyl/N-ethyl adjacent to an activating group) is 1. The normalized spacial score (nSPS) is 12.6. The third-order valence-electron chi connectivity index (χ3n) is 7.26. The van der Waals surface area contributed by atoms with Gasteiger partial charge in [0.25, 0.3) is 0 Å². The van der Waals surface area contributed by atoms with E-state index in [9.17, 15) is 9.59 Å². The summed E-state index contributed by atoms with van der Waals surface area (Å²) >= 11 is 1.58. The summed E-state index contributed by atoms with van der Waals surface area (Å²) in [6.07, 6.45) is 6.42. The molecule has 0 radical (unpaired) electrons. The average Bonchev–Trinajstić information content (AvgIpc) is 3.10. The first kappa shape index (κ1) is 49.8. The van der Waals surface area contributed by atoms with E-state index in [-0.39, 0.29) is 12.2 Å². The Morgan fingerprint density at radius 3 is 2.08 bits per heavy atom. The number of aliphatic imine (C=N–C) groups is 1. The van der Waals surface area contributed by atoms with Gasteiger partial charge in [-0.3, -0.25) is 9.79 Å². The van der Waals surface area contributed by atoms with Gasteiger partial charge in [-0.1, -0.05) is 102 Å². The van der Waals surface area contributed by atoms with E-state index in [0.29, 0.717) is 12.1 Å². The molecule has 2 aromatic carbocycles. The number of ether oxygens (including phenoxy) is 2. The fraction of sp³-hybridized carbons (Fsp3) is 0.558. The molecule has 288 valence electrons. The molecule has 7 nitrogen and oxygen atoms in total. The minimum absolute atomic E-state index is 0.304. The Hall–Kier alpha value is -3.36. The molecule has 0 aliphatic carbocycles. The van der Waals surface area contributed by atoms with Gasteiger partial charge in [0.05, 0.1) is 11.6 Å². The highest BCUT2D eigenvalue weighted by molar-refractivity contribution is 8.13. The monoisotopic (exact) mass is 726 g/mol. The fourth-order valence-electron chi connectivity index (χ4n) is 4.34. The third kappa shape index (κ3) is 23.7. The van der Waals surface area contributed by atoms with Gasteiger partial charge >= 0.3 is 6.09 Å². The zero-order valence-corrected chi connectivity index (χ0v) is 35.7. The maximum Gasteiger partial charge on any atom is 0.410 e. The van der Waals surface area contributed by atoms with E-state index in [0.717, 1.165) is 52.9 Å². The van der Waals surface area contributed by atoms with Gasteiger partial charge in [-0.25, -0.2) is 4.79 Å². The molecule has 0 aliphatic heterocycles. The molecule has 0 aliphatic rings. The highest BCUT2D eigenvalue weighted by Gasteiger charge is 2.24. The van der Waals surface area contributed by atoms with E-state index in [4.69, 9.17) is 9.47 Å². The van der Waals surface area contributed by atoms with Crippen molar-refractivity contribution in [3.63, 3.8) is 0 Å². The van der Waals surface area contributed by atoms with Crippen molar-refractivity contribution in [3.05, 3.63) is 88.6 Å². The molecule has 8 heteroatoms. The molecule has 0 bridgehead atoms. The number of aldehydes is 1. The summed E-state index contributed by atoms with van der Waals surface area (Å²) in [6, 6.07) is 18.3. The van der Waals surface area contributed by atoms with E-state index < -0.39 is 5.60 Å². The largest absolute Gasteiger partial charge is 0.484 e. The van der Waals surface area contributed by atoms with Crippen molar-refractivity contribution in [3.8, 4) is 5.75 Å². The van der Waals surface area contributed by atoms with Crippen LogP contribution >= 0.6 is 11.8 Å². The second-order valence-corrected chi connectivity index (χ2v) is 14.3. The Bertz CT molecular complexity index is 1330. The Balaban J connectivity index is 0. The van der Waals surface area contributed by atoms with Crippen LogP contribution in [0.5, 0.6) is 5.75 Å². The number of carbonyl (C=O) groups excluding carboxylic acids is 2. The lowest BCUT2D eigenvalue weighted by molar-refractivity contribution is -0.104. The molecule has 0 heterocycles. The van der Waals surface area contributed by atoms with E-state index in [1.807, 2.05) is 131 Å². The first-order chi connectivity index (χ1) is 24.1. The lowest BCUT2D eigenvalue weighted by atomic mass is 10.1. The van der Waals surface area contributed by atoms with Gasteiger partial charge in [0.15, 0.2) is 6.29 Å². The van der Waals surface area contributed by atoms with Gasteiger partial charge < -0.3 is 19.3 Å². The first-order valence-corrected chi connectivity index (χ1v) is 19.6. The van der Waals surface area contributed by atoms with Crippen LogP contribution in [0.4, 0.5) is 4.79 Å². The van der Waals surface area contributed by atoms with Gasteiger partial charge in [0.2, 0.25) is 0 Å². The molecule has 0 aromatic heterocycles. The van der Waals surface area contributed by atoms with Crippen LogP contribution in [-0.4, -0.2) is 66.3 Å². The lowest BCUT2D eigenvalue weighted by Crippen LogP contribution is -2.37. The van der Waals surface area contributed by atoms with Crippen molar-refractivity contribution in [2.45, 2.75) is 121 Å². The number of hydrogen-bond acceptors (Lipinski definition) is 7. The predicted molar refractivity (Wildman–Crippen MR) is 223 cm³/mol. The van der Waals surface area contributed by atoms with Crippen LogP contribution in [0.3, 0.4) is 0 Å². The Morgan fingerprint density at radius 1 is 0.961 bits per heavy atom. The molecule has 51 heavy (non-hydrogen) atoms. The van der Waals surface area contributed by atoms with E-state index >= 15 is 0 Å². The van der Waals surface area contributed by atoms with E-state index in [2.05, 4.69) is 42.9 Å². The van der Waals surface area contributed by atoms with Crippen molar-refractivity contribution >= 4 is 29.2 Å². The molecular formula is C43H71N3O4S. The number of nitrogens with zero attached hydrogens (tertiary/aromatic N) is 3. The summed E-state index contributed by atoms with van der Waals surface area (Å²) < 4.78 is 11.9. The zero-order valence-electron chi connectivity index (χ0n) is 34.9. The van der Waals surface area contributed by atoms with Crippen LogP contribution in [0.15, 0.2) is 82.5 Å². The average molecular weight is 726 g/mol. The Kier molecular flexibility index (Phi) is 27.6. The summed E-state index contributed by atoms with van der Waals surface area (Å²) in [5, 5.41) is 0.962. The number of carbonyl (C=O) groups is 2. The Labute approximate surface area is 317 Å². The number of allylic oxidation sites excluding steroid dienone is 4. The van der Waals surface area contributed by atoms with E-state index in [1.165, 1.54) is 18.4 Å². The van der Waals surface area contributed by atoms with Crippen LogP contribution in [0.2, 0.25) is 0 Å². The van der Waals surface area contributed by atoms with Gasteiger partial charge in [-0.2, -0.15) is 0 Å². The van der Waals surface area contributed by atoms with Crippen molar-refractivity contribution < 1.29 is 19.1 Å². The van der Waals surface area contributed by atoms with Crippen molar-refractivity contribution in [2.24, 2.45) is 10.9 Å². The molecule has 0 N–H and O–H groups in total. The molecule has 2 unspecified atom stereocenters. The molecule has 2 rings (SSSR count). The quantitative estimate of drug-likeness (QED) is 0.0635. The zero-order chi connectivity index (χ0) is 39.6. The van der Waals surface area contributed by atoms with Gasteiger partial charge in [-0.15, -0.1) is 11.8 Å². The predicted octanol–water partition coefficient (Wildman–Crippen LogP) is 11.8. The van der Waals surface area contributed by atoms with Crippen LogP contribution < -0.4 is 4.74 Å². The maximum atomic E-state index is 12.5. The van der Waals surface area contributed by atoms with Gasteiger partial charge in [0, 0.05) is 24.9 Å².